The summed E-state index contributed by atoms with van der Waals surface area (Å²) >= 11 is 1.16. The highest BCUT2D eigenvalue weighted by Gasteiger charge is 2.34. The molecule has 0 unspecified atom stereocenters. The zero-order chi connectivity index (χ0) is 20.6. The van der Waals surface area contributed by atoms with Crippen LogP contribution in [-0.2, 0) is 6.54 Å². The van der Waals surface area contributed by atoms with E-state index in [-0.39, 0.29) is 17.8 Å². The zero-order valence-electron chi connectivity index (χ0n) is 15.5. The molecule has 3 aromatic rings. The van der Waals surface area contributed by atoms with Gasteiger partial charge in [0, 0.05) is 22.7 Å². The number of benzene rings is 1. The number of aromatic nitrogens is 2. The first kappa shape index (κ1) is 19.2. The number of amides is 1. The Morgan fingerprint density at radius 1 is 1.34 bits per heavy atom. The largest absolute Gasteiger partial charge is 0.322 e. The van der Waals surface area contributed by atoms with E-state index in [0.29, 0.717) is 21.7 Å². The second-order valence-electron chi connectivity index (χ2n) is 6.82. The second kappa shape index (κ2) is 7.36. The van der Waals surface area contributed by atoms with Crippen LogP contribution in [0, 0.1) is 6.92 Å². The number of carbonyl (C=O) groups excluding carboxylic acids is 1. The van der Waals surface area contributed by atoms with E-state index in [1.807, 2.05) is 12.1 Å². The number of hydrogen-bond acceptors (Lipinski definition) is 4. The maximum absolute atomic E-state index is 14.0. The summed E-state index contributed by atoms with van der Waals surface area (Å²) in [6.07, 6.45) is 3.00. The van der Waals surface area contributed by atoms with Gasteiger partial charge in [-0.25, -0.2) is 13.8 Å². The number of thiazole rings is 1. The fourth-order valence-corrected chi connectivity index (χ4v) is 4.11. The summed E-state index contributed by atoms with van der Waals surface area (Å²) in [6.45, 7) is 1.70. The molecule has 0 saturated heterocycles. The van der Waals surface area contributed by atoms with Crippen molar-refractivity contribution in [2.75, 3.05) is 0 Å². The van der Waals surface area contributed by atoms with E-state index >= 15 is 0 Å². The molecule has 1 aliphatic carbocycles. The summed E-state index contributed by atoms with van der Waals surface area (Å²) in [7, 11) is 0. The van der Waals surface area contributed by atoms with E-state index in [9.17, 15) is 18.4 Å². The number of fused-ring (bicyclic) bond motifs is 1. The lowest BCUT2D eigenvalue weighted by Gasteiger charge is -2.29. The number of alkyl halides is 2. The lowest BCUT2D eigenvalue weighted by Crippen LogP contribution is -2.34. The van der Waals surface area contributed by atoms with E-state index in [1.54, 1.807) is 24.6 Å². The molecule has 4 rings (SSSR count). The number of aromatic amines is 1. The van der Waals surface area contributed by atoms with Gasteiger partial charge in [0.1, 0.15) is 4.88 Å². The first-order chi connectivity index (χ1) is 13.8. The van der Waals surface area contributed by atoms with Gasteiger partial charge in [-0.3, -0.25) is 9.59 Å². The van der Waals surface area contributed by atoms with Crippen LogP contribution in [0.5, 0.6) is 0 Å². The van der Waals surface area contributed by atoms with Crippen molar-refractivity contribution in [3.8, 4) is 0 Å². The molecule has 5 nitrogen and oxygen atoms in total. The van der Waals surface area contributed by atoms with Gasteiger partial charge in [-0.2, -0.15) is 0 Å². The Bertz CT molecular complexity index is 1210. The number of allylic oxidation sites excluding steroid dienone is 4. The fraction of sp³-hybridized carbons (Fsp3) is 0.190. The predicted molar refractivity (Wildman–Crippen MR) is 108 cm³/mol. The van der Waals surface area contributed by atoms with Crippen LogP contribution in [0.25, 0.3) is 10.9 Å². The highest BCUT2D eigenvalue weighted by atomic mass is 32.1. The Morgan fingerprint density at radius 2 is 2.14 bits per heavy atom. The molecule has 1 aliphatic rings. The van der Waals surface area contributed by atoms with Crippen molar-refractivity contribution in [2.24, 2.45) is 0 Å². The van der Waals surface area contributed by atoms with E-state index < -0.39 is 18.3 Å². The van der Waals surface area contributed by atoms with Crippen LogP contribution in [-0.4, -0.2) is 26.7 Å². The predicted octanol–water partition coefficient (Wildman–Crippen LogP) is 4.41. The summed E-state index contributed by atoms with van der Waals surface area (Å²) < 4.78 is 28.1. The molecule has 0 bridgehead atoms. The smallest absolute Gasteiger partial charge is 0.272 e. The SMILES string of the molecule is Cc1ncsc1C(=O)N(Cc1cc(=O)[nH]c2ccccc12)C1=CC=CC(F)(F)C1. The number of H-pyrrole nitrogens is 1. The summed E-state index contributed by atoms with van der Waals surface area (Å²) in [6, 6.07) is 8.60. The molecule has 8 heteroatoms. The summed E-state index contributed by atoms with van der Waals surface area (Å²) in [5.41, 5.74) is 3.17. The first-order valence-corrected chi connectivity index (χ1v) is 9.81. The minimum Gasteiger partial charge on any atom is -0.322 e. The summed E-state index contributed by atoms with van der Waals surface area (Å²) in [5, 5.41) is 0.754. The Morgan fingerprint density at radius 3 is 2.86 bits per heavy atom. The monoisotopic (exact) mass is 413 g/mol. The molecule has 1 aromatic carbocycles. The molecule has 0 aliphatic heterocycles. The Kier molecular flexibility index (Phi) is 4.87. The third-order valence-corrected chi connectivity index (χ3v) is 5.66. The molecule has 1 N–H and O–H groups in total. The Hall–Kier alpha value is -3.13. The van der Waals surface area contributed by atoms with Gasteiger partial charge < -0.3 is 9.88 Å². The summed E-state index contributed by atoms with van der Waals surface area (Å²) in [5.74, 6) is -3.45. The number of aryl methyl sites for hydroxylation is 1. The van der Waals surface area contributed by atoms with Crippen LogP contribution in [0.1, 0.15) is 27.3 Å². The standard InChI is InChI=1S/C21H17F2N3O2S/c1-13-19(29-12-24-13)20(28)26(15-5-4-8-21(22,23)10-15)11-14-9-18(27)25-17-7-3-2-6-16(14)17/h2-9,12H,10-11H2,1H3,(H,25,27). The van der Waals surface area contributed by atoms with Crippen LogP contribution in [0.2, 0.25) is 0 Å². The topological polar surface area (TPSA) is 66.1 Å². The van der Waals surface area contributed by atoms with Crippen LogP contribution in [0.4, 0.5) is 8.78 Å². The lowest BCUT2D eigenvalue weighted by atomic mass is 10.0. The van der Waals surface area contributed by atoms with Crippen molar-refractivity contribution >= 4 is 28.1 Å². The van der Waals surface area contributed by atoms with Crippen LogP contribution in [0.15, 0.2) is 64.6 Å². The molecule has 0 saturated carbocycles. The number of halogens is 2. The van der Waals surface area contributed by atoms with Crippen molar-refractivity contribution in [1.29, 1.82) is 0 Å². The molecule has 0 radical (unpaired) electrons. The van der Waals surface area contributed by atoms with Crippen molar-refractivity contribution in [3.63, 3.8) is 0 Å². The number of para-hydroxylation sites is 1. The second-order valence-corrected chi connectivity index (χ2v) is 7.67. The third-order valence-electron chi connectivity index (χ3n) is 4.74. The number of hydrogen-bond donors (Lipinski definition) is 1. The average Bonchev–Trinajstić information content (AvgIpc) is 3.10. The Labute approximate surface area is 169 Å². The van der Waals surface area contributed by atoms with Crippen LogP contribution in [0.3, 0.4) is 0 Å². The average molecular weight is 413 g/mol. The molecule has 2 heterocycles. The van der Waals surface area contributed by atoms with Gasteiger partial charge in [0.2, 0.25) is 5.56 Å². The Balaban J connectivity index is 1.81. The van der Waals surface area contributed by atoms with Gasteiger partial charge in [-0.1, -0.05) is 24.3 Å². The van der Waals surface area contributed by atoms with Gasteiger partial charge in [0.15, 0.2) is 0 Å². The quantitative estimate of drug-likeness (QED) is 0.689. The highest BCUT2D eigenvalue weighted by molar-refractivity contribution is 7.11. The lowest BCUT2D eigenvalue weighted by molar-refractivity contribution is 0.0431. The van der Waals surface area contributed by atoms with Gasteiger partial charge in [0.25, 0.3) is 11.8 Å². The molecule has 29 heavy (non-hydrogen) atoms. The van der Waals surface area contributed by atoms with Crippen molar-refractivity contribution in [2.45, 2.75) is 25.8 Å². The number of nitrogens with zero attached hydrogens (tertiary/aromatic N) is 2. The summed E-state index contributed by atoms with van der Waals surface area (Å²) in [4.78, 5) is 33.9. The maximum Gasteiger partial charge on any atom is 0.272 e. The van der Waals surface area contributed by atoms with Gasteiger partial charge >= 0.3 is 0 Å². The highest BCUT2D eigenvalue weighted by Crippen LogP contribution is 2.33. The van der Waals surface area contributed by atoms with E-state index in [0.717, 1.165) is 22.8 Å². The molecule has 0 spiro atoms. The molecule has 0 atom stereocenters. The number of pyridine rings is 1. The number of carbonyl (C=O) groups is 1. The minimum absolute atomic E-state index is 0.00361. The molecule has 2 aromatic heterocycles. The normalized spacial score (nSPS) is 15.3. The van der Waals surface area contributed by atoms with Crippen molar-refractivity contribution in [3.05, 3.63) is 86.3 Å². The molecule has 1 amide bonds. The molecule has 0 fully saturated rings. The van der Waals surface area contributed by atoms with E-state index in [1.165, 1.54) is 23.1 Å². The number of rotatable bonds is 4. The molecular weight excluding hydrogens is 396 g/mol. The molecule has 148 valence electrons. The number of nitrogens with one attached hydrogen (secondary N) is 1. The van der Waals surface area contributed by atoms with Gasteiger partial charge in [-0.05, 0) is 30.7 Å². The minimum atomic E-state index is -3.04. The van der Waals surface area contributed by atoms with Crippen molar-refractivity contribution < 1.29 is 13.6 Å². The zero-order valence-corrected chi connectivity index (χ0v) is 16.3. The maximum atomic E-state index is 14.0. The van der Waals surface area contributed by atoms with E-state index in [2.05, 4.69) is 9.97 Å². The van der Waals surface area contributed by atoms with Gasteiger partial charge in [0.05, 0.1) is 24.2 Å². The van der Waals surface area contributed by atoms with Crippen LogP contribution >= 0.6 is 11.3 Å². The van der Waals surface area contributed by atoms with E-state index in [4.69, 9.17) is 0 Å². The van der Waals surface area contributed by atoms with Gasteiger partial charge in [-0.15, -0.1) is 11.3 Å². The first-order valence-electron chi connectivity index (χ1n) is 8.93. The third kappa shape index (κ3) is 3.88. The van der Waals surface area contributed by atoms with Crippen molar-refractivity contribution in [1.82, 2.24) is 14.9 Å². The fourth-order valence-electron chi connectivity index (χ4n) is 3.36. The molecular formula is C21H17F2N3O2S. The van der Waals surface area contributed by atoms with Crippen LogP contribution < -0.4 is 5.56 Å².